The minimum absolute atomic E-state index is 0.00943. The van der Waals surface area contributed by atoms with Gasteiger partial charge in [0, 0.05) is 12.5 Å². The average molecular weight is 335 g/mol. The van der Waals surface area contributed by atoms with E-state index in [2.05, 4.69) is 10.6 Å². The van der Waals surface area contributed by atoms with E-state index in [4.69, 9.17) is 16.0 Å². The van der Waals surface area contributed by atoms with E-state index in [1.54, 1.807) is 30.5 Å². The molecule has 122 valence electrons. The Hall–Kier alpha value is -2.27. The van der Waals surface area contributed by atoms with Crippen molar-refractivity contribution in [3.05, 3.63) is 59.0 Å². The quantitative estimate of drug-likeness (QED) is 0.818. The summed E-state index contributed by atoms with van der Waals surface area (Å²) < 4.78 is 5.25. The van der Waals surface area contributed by atoms with E-state index in [-0.39, 0.29) is 24.4 Å². The zero-order valence-electron chi connectivity index (χ0n) is 12.8. The molecule has 1 heterocycles. The first-order valence-corrected chi connectivity index (χ1v) is 7.78. The van der Waals surface area contributed by atoms with E-state index in [1.807, 2.05) is 19.1 Å². The number of aryl methyl sites for hydroxylation is 1. The maximum absolute atomic E-state index is 11.9. The number of furan rings is 1. The second kappa shape index (κ2) is 8.39. The molecular weight excluding hydrogens is 316 g/mol. The third-order valence-electron chi connectivity index (χ3n) is 3.34. The minimum atomic E-state index is -0.367. The minimum Gasteiger partial charge on any atom is -0.469 e. The van der Waals surface area contributed by atoms with E-state index in [0.29, 0.717) is 10.6 Å². The molecule has 0 aliphatic heterocycles. The molecule has 0 saturated carbocycles. The molecule has 0 spiro atoms. The van der Waals surface area contributed by atoms with Crippen LogP contribution in [-0.4, -0.2) is 24.4 Å². The highest BCUT2D eigenvalue weighted by Crippen LogP contribution is 2.14. The summed E-state index contributed by atoms with van der Waals surface area (Å²) in [6.07, 6.45) is 3.14. The first-order valence-electron chi connectivity index (χ1n) is 7.40. The Kier molecular flexibility index (Phi) is 6.23. The predicted molar refractivity (Wildman–Crippen MR) is 88.4 cm³/mol. The van der Waals surface area contributed by atoms with Gasteiger partial charge in [-0.2, -0.15) is 0 Å². The first-order chi connectivity index (χ1) is 11.1. The van der Waals surface area contributed by atoms with Gasteiger partial charge in [-0.1, -0.05) is 23.7 Å². The first kappa shape index (κ1) is 17.1. The van der Waals surface area contributed by atoms with Crippen LogP contribution >= 0.6 is 11.6 Å². The van der Waals surface area contributed by atoms with Crippen LogP contribution in [0.25, 0.3) is 0 Å². The van der Waals surface area contributed by atoms with Gasteiger partial charge in [-0.05, 0) is 37.6 Å². The lowest BCUT2D eigenvalue weighted by Crippen LogP contribution is -2.41. The number of nitrogens with one attached hydrogen (secondary N) is 2. The Bertz CT molecular complexity index is 656. The Morgan fingerprint density at radius 1 is 1.22 bits per heavy atom. The van der Waals surface area contributed by atoms with Crippen LogP contribution in [0.4, 0.5) is 0 Å². The van der Waals surface area contributed by atoms with Crippen molar-refractivity contribution in [3.63, 3.8) is 0 Å². The van der Waals surface area contributed by atoms with Gasteiger partial charge in [0.1, 0.15) is 5.76 Å². The largest absolute Gasteiger partial charge is 0.469 e. The van der Waals surface area contributed by atoms with E-state index < -0.39 is 0 Å². The summed E-state index contributed by atoms with van der Waals surface area (Å²) in [6, 6.07) is 10.4. The van der Waals surface area contributed by atoms with E-state index in [1.165, 1.54) is 0 Å². The number of halogens is 1. The molecule has 0 aliphatic carbocycles. The maximum Gasteiger partial charge on any atom is 0.253 e. The summed E-state index contributed by atoms with van der Waals surface area (Å²) in [4.78, 5) is 23.8. The van der Waals surface area contributed by atoms with Gasteiger partial charge < -0.3 is 15.1 Å². The predicted octanol–water partition coefficient (Wildman–Crippen LogP) is 2.80. The molecule has 2 aromatic rings. The summed E-state index contributed by atoms with van der Waals surface area (Å²) in [5, 5.41) is 5.75. The molecule has 0 bridgehead atoms. The van der Waals surface area contributed by atoms with Gasteiger partial charge in [0.2, 0.25) is 5.91 Å². The van der Waals surface area contributed by atoms with Crippen LogP contribution in [0.2, 0.25) is 5.02 Å². The molecule has 1 aromatic carbocycles. The van der Waals surface area contributed by atoms with Crippen molar-refractivity contribution in [3.8, 4) is 0 Å². The Morgan fingerprint density at radius 3 is 2.70 bits per heavy atom. The molecule has 1 unspecified atom stereocenters. The van der Waals surface area contributed by atoms with Crippen molar-refractivity contribution < 1.29 is 14.0 Å². The molecule has 1 aromatic heterocycles. The van der Waals surface area contributed by atoms with Crippen molar-refractivity contribution in [2.45, 2.75) is 25.8 Å². The standard InChI is InChI=1S/C17H19ClN2O3/c1-12(8-9-13-5-4-10-23-13)20-16(21)11-19-17(22)14-6-2-3-7-15(14)18/h2-7,10,12H,8-9,11H2,1H3,(H,19,22)(H,20,21). The fourth-order valence-corrected chi connectivity index (χ4v) is 2.33. The second-order valence-corrected chi connectivity index (χ2v) is 5.66. The highest BCUT2D eigenvalue weighted by atomic mass is 35.5. The van der Waals surface area contributed by atoms with Crippen LogP contribution in [0.5, 0.6) is 0 Å². The van der Waals surface area contributed by atoms with Gasteiger partial charge in [-0.15, -0.1) is 0 Å². The summed E-state index contributed by atoms with van der Waals surface area (Å²) in [5.41, 5.74) is 0.354. The lowest BCUT2D eigenvalue weighted by atomic mass is 10.1. The average Bonchev–Trinajstić information content (AvgIpc) is 3.04. The SMILES string of the molecule is CC(CCc1ccco1)NC(=O)CNC(=O)c1ccccc1Cl. The molecule has 0 radical (unpaired) electrons. The molecular formula is C17H19ClN2O3. The molecule has 0 fully saturated rings. The highest BCUT2D eigenvalue weighted by molar-refractivity contribution is 6.33. The smallest absolute Gasteiger partial charge is 0.253 e. The fourth-order valence-electron chi connectivity index (χ4n) is 2.11. The molecule has 1 atom stereocenters. The van der Waals surface area contributed by atoms with E-state index in [9.17, 15) is 9.59 Å². The number of carbonyl (C=O) groups excluding carboxylic acids is 2. The number of rotatable bonds is 7. The van der Waals surface area contributed by atoms with Crippen molar-refractivity contribution in [1.82, 2.24) is 10.6 Å². The molecule has 2 amide bonds. The van der Waals surface area contributed by atoms with Gasteiger partial charge in [0.25, 0.3) is 5.91 Å². The maximum atomic E-state index is 11.9. The van der Waals surface area contributed by atoms with Crippen LogP contribution in [-0.2, 0) is 11.2 Å². The monoisotopic (exact) mass is 334 g/mol. The van der Waals surface area contributed by atoms with Crippen molar-refractivity contribution in [1.29, 1.82) is 0 Å². The number of hydrogen-bond acceptors (Lipinski definition) is 3. The third-order valence-corrected chi connectivity index (χ3v) is 3.67. The Balaban J connectivity index is 1.72. The van der Waals surface area contributed by atoms with E-state index >= 15 is 0 Å². The van der Waals surface area contributed by atoms with Gasteiger partial charge >= 0.3 is 0 Å². The van der Waals surface area contributed by atoms with E-state index in [0.717, 1.165) is 18.6 Å². The molecule has 0 saturated heterocycles. The van der Waals surface area contributed by atoms with Crippen molar-refractivity contribution in [2.24, 2.45) is 0 Å². The number of hydrogen-bond donors (Lipinski definition) is 2. The van der Waals surface area contributed by atoms with Crippen LogP contribution in [0.1, 0.15) is 29.5 Å². The van der Waals surface area contributed by atoms with Crippen molar-refractivity contribution >= 4 is 23.4 Å². The summed E-state index contributed by atoms with van der Waals surface area (Å²) in [7, 11) is 0. The molecule has 6 heteroatoms. The van der Waals surface area contributed by atoms with Crippen LogP contribution in [0.3, 0.4) is 0 Å². The summed E-state index contributed by atoms with van der Waals surface area (Å²) >= 11 is 5.94. The second-order valence-electron chi connectivity index (χ2n) is 5.25. The Morgan fingerprint density at radius 2 is 2.00 bits per heavy atom. The van der Waals surface area contributed by atoms with Crippen LogP contribution < -0.4 is 10.6 Å². The lowest BCUT2D eigenvalue weighted by Gasteiger charge is -2.13. The van der Waals surface area contributed by atoms with Gasteiger partial charge in [-0.3, -0.25) is 9.59 Å². The lowest BCUT2D eigenvalue weighted by molar-refractivity contribution is -0.120. The number of benzene rings is 1. The third kappa shape index (κ3) is 5.45. The fraction of sp³-hybridized carbons (Fsp3) is 0.294. The van der Waals surface area contributed by atoms with Crippen molar-refractivity contribution in [2.75, 3.05) is 6.54 Å². The molecule has 0 aliphatic rings. The van der Waals surface area contributed by atoms with Crippen LogP contribution in [0, 0.1) is 0 Å². The number of amides is 2. The zero-order chi connectivity index (χ0) is 16.7. The molecule has 2 rings (SSSR count). The molecule has 2 N–H and O–H groups in total. The highest BCUT2D eigenvalue weighted by Gasteiger charge is 2.12. The van der Waals surface area contributed by atoms with Gasteiger partial charge in [0.15, 0.2) is 0 Å². The zero-order valence-corrected chi connectivity index (χ0v) is 13.6. The number of carbonyl (C=O) groups is 2. The van der Waals surface area contributed by atoms with Gasteiger partial charge in [0.05, 0.1) is 23.4 Å². The normalized spacial score (nSPS) is 11.7. The topological polar surface area (TPSA) is 71.3 Å². The summed E-state index contributed by atoms with van der Waals surface area (Å²) in [6.45, 7) is 1.83. The Labute approximate surface area is 140 Å². The van der Waals surface area contributed by atoms with Crippen LogP contribution in [0.15, 0.2) is 47.1 Å². The molecule has 5 nitrogen and oxygen atoms in total. The summed E-state index contributed by atoms with van der Waals surface area (Å²) in [5.74, 6) is 0.282. The van der Waals surface area contributed by atoms with Gasteiger partial charge in [-0.25, -0.2) is 0 Å². The molecule has 23 heavy (non-hydrogen) atoms.